The number of phenols is 1. The first kappa shape index (κ1) is 14.8. The summed E-state index contributed by atoms with van der Waals surface area (Å²) in [5, 5.41) is 13.0. The molecule has 2 unspecified atom stereocenters. The van der Waals surface area contributed by atoms with E-state index in [4.69, 9.17) is 0 Å². The molecule has 1 spiro atoms. The Kier molecular flexibility index (Phi) is 2.93. The summed E-state index contributed by atoms with van der Waals surface area (Å²) in [6.45, 7) is 0. The topological polar surface area (TPSA) is 20.2 Å². The average molecular weight is 340 g/mol. The Balaban J connectivity index is 1.68. The molecule has 0 aliphatic heterocycles. The number of aromatic hydroxyl groups is 1. The van der Waals surface area contributed by atoms with Crippen molar-refractivity contribution in [1.82, 2.24) is 0 Å². The van der Waals surface area contributed by atoms with Crippen molar-refractivity contribution in [3.63, 3.8) is 0 Å². The SMILES string of the molecule is Oc1cc2c(c3ccccc13)-c1ccccc1C21CC2CCCCC2C1. The molecule has 3 aliphatic carbocycles. The highest BCUT2D eigenvalue weighted by atomic mass is 16.3. The predicted molar refractivity (Wildman–Crippen MR) is 107 cm³/mol. The van der Waals surface area contributed by atoms with Gasteiger partial charge in [-0.05, 0) is 58.4 Å². The molecule has 2 saturated carbocycles. The van der Waals surface area contributed by atoms with Crippen LogP contribution in [0.4, 0.5) is 0 Å². The molecule has 0 heterocycles. The zero-order chi connectivity index (χ0) is 17.3. The minimum absolute atomic E-state index is 0.118. The fraction of sp³-hybridized carbons (Fsp3) is 0.360. The lowest BCUT2D eigenvalue weighted by atomic mass is 9.75. The molecule has 1 heteroatoms. The smallest absolute Gasteiger partial charge is 0.123 e. The van der Waals surface area contributed by atoms with Crippen LogP contribution in [0.3, 0.4) is 0 Å². The minimum Gasteiger partial charge on any atom is -0.507 e. The van der Waals surface area contributed by atoms with E-state index in [1.807, 2.05) is 12.1 Å². The standard InChI is InChI=1S/C25H24O/c26-23-13-22-24(19-10-4-3-9-18(19)23)20-11-5-6-12-21(20)25(22)14-16-7-1-2-8-17(16)15-25/h3-6,9-13,16-17,26H,1-2,7-8,14-15H2. The highest BCUT2D eigenvalue weighted by Crippen LogP contribution is 2.63. The maximum Gasteiger partial charge on any atom is 0.123 e. The number of hydrogen-bond acceptors (Lipinski definition) is 1. The van der Waals surface area contributed by atoms with Gasteiger partial charge in [-0.25, -0.2) is 0 Å². The Bertz CT molecular complexity index is 1020. The molecule has 130 valence electrons. The van der Waals surface area contributed by atoms with Crippen molar-refractivity contribution in [2.75, 3.05) is 0 Å². The minimum atomic E-state index is 0.118. The summed E-state index contributed by atoms with van der Waals surface area (Å²) in [5.74, 6) is 2.16. The van der Waals surface area contributed by atoms with Gasteiger partial charge in [0.05, 0.1) is 0 Å². The molecule has 0 saturated heterocycles. The van der Waals surface area contributed by atoms with Crippen LogP contribution in [0.1, 0.15) is 49.7 Å². The summed E-state index contributed by atoms with van der Waals surface area (Å²) in [4.78, 5) is 0. The molecule has 3 aliphatic rings. The fourth-order valence-electron chi connectivity index (χ4n) is 6.53. The van der Waals surface area contributed by atoms with Crippen molar-refractivity contribution in [3.8, 4) is 16.9 Å². The zero-order valence-corrected chi connectivity index (χ0v) is 15.0. The van der Waals surface area contributed by atoms with Gasteiger partial charge in [0.2, 0.25) is 0 Å². The Hall–Kier alpha value is -2.28. The first-order valence-electron chi connectivity index (χ1n) is 10.1. The van der Waals surface area contributed by atoms with Crippen LogP contribution in [0.5, 0.6) is 5.75 Å². The molecule has 6 rings (SSSR count). The van der Waals surface area contributed by atoms with Crippen LogP contribution >= 0.6 is 0 Å². The maximum atomic E-state index is 10.8. The normalized spacial score (nSPS) is 28.9. The number of fused-ring (bicyclic) bond motifs is 8. The zero-order valence-electron chi connectivity index (χ0n) is 15.0. The van der Waals surface area contributed by atoms with Gasteiger partial charge in [-0.15, -0.1) is 0 Å². The van der Waals surface area contributed by atoms with E-state index in [0.717, 1.165) is 17.2 Å². The first-order chi connectivity index (χ1) is 12.8. The molecule has 0 aromatic heterocycles. The third kappa shape index (κ3) is 1.76. The van der Waals surface area contributed by atoms with E-state index in [1.165, 1.54) is 66.2 Å². The van der Waals surface area contributed by atoms with Gasteiger partial charge < -0.3 is 5.11 Å². The van der Waals surface area contributed by atoms with Crippen LogP contribution in [-0.4, -0.2) is 5.11 Å². The van der Waals surface area contributed by atoms with E-state index in [0.29, 0.717) is 5.75 Å². The van der Waals surface area contributed by atoms with Gasteiger partial charge in [-0.3, -0.25) is 0 Å². The molecule has 3 aromatic carbocycles. The Morgan fingerprint density at radius 3 is 2.19 bits per heavy atom. The van der Waals surface area contributed by atoms with E-state index in [-0.39, 0.29) is 5.41 Å². The second kappa shape index (κ2) is 5.13. The second-order valence-electron chi connectivity index (χ2n) is 8.70. The summed E-state index contributed by atoms with van der Waals surface area (Å²) >= 11 is 0. The van der Waals surface area contributed by atoms with Crippen LogP contribution in [0, 0.1) is 11.8 Å². The molecule has 26 heavy (non-hydrogen) atoms. The maximum absolute atomic E-state index is 10.8. The highest BCUT2D eigenvalue weighted by Gasteiger charge is 2.52. The largest absolute Gasteiger partial charge is 0.507 e. The van der Waals surface area contributed by atoms with Crippen LogP contribution in [0.25, 0.3) is 21.9 Å². The van der Waals surface area contributed by atoms with E-state index in [2.05, 4.69) is 42.5 Å². The summed E-state index contributed by atoms with van der Waals surface area (Å²) in [6.07, 6.45) is 8.11. The number of rotatable bonds is 0. The van der Waals surface area contributed by atoms with E-state index in [9.17, 15) is 5.11 Å². The summed E-state index contributed by atoms with van der Waals surface area (Å²) < 4.78 is 0. The monoisotopic (exact) mass is 340 g/mol. The van der Waals surface area contributed by atoms with Gasteiger partial charge in [0.1, 0.15) is 5.75 Å². The van der Waals surface area contributed by atoms with E-state index in [1.54, 1.807) is 0 Å². The van der Waals surface area contributed by atoms with Crippen LogP contribution in [0.2, 0.25) is 0 Å². The van der Waals surface area contributed by atoms with Crippen molar-refractivity contribution in [2.24, 2.45) is 11.8 Å². The lowest BCUT2D eigenvalue weighted by molar-refractivity contribution is 0.277. The second-order valence-corrected chi connectivity index (χ2v) is 8.70. The molecule has 2 fully saturated rings. The van der Waals surface area contributed by atoms with Gasteiger partial charge in [-0.1, -0.05) is 74.2 Å². The van der Waals surface area contributed by atoms with E-state index >= 15 is 0 Å². The first-order valence-corrected chi connectivity index (χ1v) is 10.1. The summed E-state index contributed by atoms with van der Waals surface area (Å²) in [5.41, 5.74) is 5.81. The lowest BCUT2D eigenvalue weighted by Gasteiger charge is -2.27. The number of benzene rings is 3. The van der Waals surface area contributed by atoms with Crippen molar-refractivity contribution < 1.29 is 5.11 Å². The van der Waals surface area contributed by atoms with Crippen LogP contribution in [0.15, 0.2) is 54.6 Å². The fourth-order valence-corrected chi connectivity index (χ4v) is 6.53. The summed E-state index contributed by atoms with van der Waals surface area (Å²) in [6, 6.07) is 19.5. The molecular weight excluding hydrogens is 316 g/mol. The van der Waals surface area contributed by atoms with Gasteiger partial charge in [0, 0.05) is 10.8 Å². The quantitative estimate of drug-likeness (QED) is 0.501. The number of hydrogen-bond donors (Lipinski definition) is 1. The van der Waals surface area contributed by atoms with Crippen molar-refractivity contribution in [1.29, 1.82) is 0 Å². The molecule has 1 N–H and O–H groups in total. The van der Waals surface area contributed by atoms with Crippen molar-refractivity contribution in [3.05, 3.63) is 65.7 Å². The summed E-state index contributed by atoms with van der Waals surface area (Å²) in [7, 11) is 0. The Morgan fingerprint density at radius 1 is 0.769 bits per heavy atom. The molecular formula is C25H24O. The van der Waals surface area contributed by atoms with E-state index < -0.39 is 0 Å². The molecule has 0 amide bonds. The molecule has 0 radical (unpaired) electrons. The molecule has 1 nitrogen and oxygen atoms in total. The van der Waals surface area contributed by atoms with Gasteiger partial charge in [0.25, 0.3) is 0 Å². The molecule has 3 aromatic rings. The van der Waals surface area contributed by atoms with Crippen LogP contribution < -0.4 is 0 Å². The Morgan fingerprint density at radius 2 is 1.42 bits per heavy atom. The molecule has 2 atom stereocenters. The van der Waals surface area contributed by atoms with Gasteiger partial charge in [-0.2, -0.15) is 0 Å². The lowest BCUT2D eigenvalue weighted by Crippen LogP contribution is -2.21. The van der Waals surface area contributed by atoms with Gasteiger partial charge >= 0.3 is 0 Å². The third-order valence-electron chi connectivity index (χ3n) is 7.54. The van der Waals surface area contributed by atoms with Gasteiger partial charge in [0.15, 0.2) is 0 Å². The predicted octanol–water partition coefficient (Wildman–Crippen LogP) is 6.41. The average Bonchev–Trinajstić information content (AvgIpc) is 3.19. The number of phenolic OH excluding ortho intramolecular Hbond substituents is 1. The Labute approximate surface area is 154 Å². The van der Waals surface area contributed by atoms with Crippen molar-refractivity contribution in [2.45, 2.75) is 43.9 Å². The highest BCUT2D eigenvalue weighted by molar-refractivity contribution is 6.05. The van der Waals surface area contributed by atoms with Crippen molar-refractivity contribution >= 4 is 10.8 Å². The van der Waals surface area contributed by atoms with Crippen LogP contribution in [-0.2, 0) is 5.41 Å². The third-order valence-corrected chi connectivity index (χ3v) is 7.54. The molecule has 0 bridgehead atoms.